The summed E-state index contributed by atoms with van der Waals surface area (Å²) in [5.74, 6) is -0.153. The number of carbonyl (C=O) groups excluding carboxylic acids is 1. The number of carboxylic acids is 1. The third-order valence-corrected chi connectivity index (χ3v) is 4.14. The van der Waals surface area contributed by atoms with Gasteiger partial charge >= 0.3 is 12.0 Å². The maximum Gasteiger partial charge on any atom is 0.317 e. The summed E-state index contributed by atoms with van der Waals surface area (Å²) in [7, 11) is 0. The molecule has 1 fully saturated rings. The zero-order valence-electron chi connectivity index (χ0n) is 12.2. The van der Waals surface area contributed by atoms with Gasteiger partial charge in [-0.15, -0.1) is 0 Å². The molecule has 0 aromatic rings. The van der Waals surface area contributed by atoms with Crippen LogP contribution in [0.25, 0.3) is 0 Å². The highest BCUT2D eigenvalue weighted by atomic mass is 16.4. The summed E-state index contributed by atoms with van der Waals surface area (Å²) in [6, 6.07) is -0.144. The van der Waals surface area contributed by atoms with E-state index in [2.05, 4.69) is 12.2 Å². The van der Waals surface area contributed by atoms with Crippen LogP contribution in [0.4, 0.5) is 4.79 Å². The highest BCUT2D eigenvalue weighted by Gasteiger charge is 2.25. The number of rotatable bonds is 6. The second-order valence-corrected chi connectivity index (χ2v) is 5.63. The van der Waals surface area contributed by atoms with Crippen molar-refractivity contribution in [1.29, 1.82) is 0 Å². The van der Waals surface area contributed by atoms with Gasteiger partial charge in [-0.1, -0.05) is 26.7 Å². The second-order valence-electron chi connectivity index (χ2n) is 5.63. The molecule has 1 aliphatic carbocycles. The predicted molar refractivity (Wildman–Crippen MR) is 74.0 cm³/mol. The predicted octanol–water partition coefficient (Wildman–Crippen LogP) is 2.17. The Labute approximate surface area is 115 Å². The van der Waals surface area contributed by atoms with Crippen LogP contribution in [0.15, 0.2) is 0 Å². The Bertz CT molecular complexity index is 320. The van der Waals surface area contributed by atoms with Gasteiger partial charge in [-0.3, -0.25) is 4.79 Å². The van der Waals surface area contributed by atoms with Gasteiger partial charge in [-0.25, -0.2) is 4.79 Å². The number of nitrogens with one attached hydrogen (secondary N) is 1. The molecule has 1 saturated carbocycles. The van der Waals surface area contributed by atoms with Crippen LogP contribution >= 0.6 is 0 Å². The first-order valence-corrected chi connectivity index (χ1v) is 7.21. The first-order valence-electron chi connectivity index (χ1n) is 7.21. The van der Waals surface area contributed by atoms with E-state index in [0.29, 0.717) is 24.9 Å². The molecular formula is C14H26N2O3. The first-order chi connectivity index (χ1) is 8.95. The molecule has 2 N–H and O–H groups in total. The first kappa shape index (κ1) is 15.8. The van der Waals surface area contributed by atoms with E-state index in [9.17, 15) is 9.59 Å². The maximum atomic E-state index is 12.0. The molecule has 3 unspecified atom stereocenters. The van der Waals surface area contributed by atoms with Crippen LogP contribution in [0.1, 0.15) is 40.0 Å². The fourth-order valence-corrected chi connectivity index (χ4v) is 2.62. The summed E-state index contributed by atoms with van der Waals surface area (Å²) in [5, 5.41) is 11.8. The lowest BCUT2D eigenvalue weighted by atomic mass is 9.98. The topological polar surface area (TPSA) is 69.6 Å². The van der Waals surface area contributed by atoms with E-state index in [1.165, 1.54) is 19.3 Å². The van der Waals surface area contributed by atoms with Crippen LogP contribution < -0.4 is 5.32 Å². The summed E-state index contributed by atoms with van der Waals surface area (Å²) in [6.07, 6.45) is 3.67. The molecule has 5 nitrogen and oxygen atoms in total. The molecule has 19 heavy (non-hydrogen) atoms. The standard InChI is InChI=1S/C14H26N2O3/c1-4-16(9-11(3)13(17)18)14(19)15-8-12-7-5-6-10(12)2/h10-12H,4-9H2,1-3H3,(H,15,19)(H,17,18). The van der Waals surface area contributed by atoms with E-state index >= 15 is 0 Å². The Morgan fingerprint density at radius 2 is 2.11 bits per heavy atom. The number of nitrogens with zero attached hydrogens (tertiary/aromatic N) is 1. The fourth-order valence-electron chi connectivity index (χ4n) is 2.62. The van der Waals surface area contributed by atoms with E-state index in [4.69, 9.17) is 5.11 Å². The normalized spacial score (nSPS) is 23.9. The number of hydrogen-bond donors (Lipinski definition) is 2. The Hall–Kier alpha value is -1.26. The van der Waals surface area contributed by atoms with Crippen molar-refractivity contribution in [2.75, 3.05) is 19.6 Å². The molecule has 5 heteroatoms. The van der Waals surface area contributed by atoms with Gasteiger partial charge in [-0.2, -0.15) is 0 Å². The van der Waals surface area contributed by atoms with Gasteiger partial charge in [0.2, 0.25) is 0 Å². The quantitative estimate of drug-likeness (QED) is 0.777. The maximum absolute atomic E-state index is 12.0. The van der Waals surface area contributed by atoms with Gasteiger partial charge in [0.25, 0.3) is 0 Å². The molecule has 3 atom stereocenters. The smallest absolute Gasteiger partial charge is 0.317 e. The highest BCUT2D eigenvalue weighted by molar-refractivity contribution is 5.75. The van der Waals surface area contributed by atoms with E-state index in [1.54, 1.807) is 11.8 Å². The molecule has 0 radical (unpaired) electrons. The molecule has 0 heterocycles. The molecule has 0 aliphatic heterocycles. The average Bonchev–Trinajstić information content (AvgIpc) is 2.78. The van der Waals surface area contributed by atoms with Gasteiger partial charge in [0.05, 0.1) is 5.92 Å². The van der Waals surface area contributed by atoms with Gasteiger partial charge < -0.3 is 15.3 Å². The van der Waals surface area contributed by atoms with Gasteiger partial charge in [0, 0.05) is 19.6 Å². The Balaban J connectivity index is 2.38. The zero-order chi connectivity index (χ0) is 14.4. The summed E-state index contributed by atoms with van der Waals surface area (Å²) in [5.41, 5.74) is 0. The Morgan fingerprint density at radius 3 is 2.58 bits per heavy atom. The largest absolute Gasteiger partial charge is 0.481 e. The van der Waals surface area contributed by atoms with Crippen molar-refractivity contribution in [2.24, 2.45) is 17.8 Å². The van der Waals surface area contributed by atoms with Crippen molar-refractivity contribution in [3.63, 3.8) is 0 Å². The lowest BCUT2D eigenvalue weighted by molar-refractivity contribution is -0.141. The van der Waals surface area contributed by atoms with Crippen LogP contribution in [0.2, 0.25) is 0 Å². The van der Waals surface area contributed by atoms with Crippen LogP contribution in [-0.4, -0.2) is 41.6 Å². The van der Waals surface area contributed by atoms with E-state index in [0.717, 1.165) is 0 Å². The molecular weight excluding hydrogens is 244 g/mol. The molecule has 0 bridgehead atoms. The van der Waals surface area contributed by atoms with Gasteiger partial charge in [0.15, 0.2) is 0 Å². The van der Waals surface area contributed by atoms with Gasteiger partial charge in [0.1, 0.15) is 0 Å². The minimum atomic E-state index is -0.865. The van der Waals surface area contributed by atoms with Crippen molar-refractivity contribution >= 4 is 12.0 Å². The van der Waals surface area contributed by atoms with Crippen molar-refractivity contribution in [2.45, 2.75) is 40.0 Å². The van der Waals surface area contributed by atoms with Crippen LogP contribution in [0, 0.1) is 17.8 Å². The molecule has 1 aliphatic rings. The number of carbonyl (C=O) groups is 2. The van der Waals surface area contributed by atoms with E-state index < -0.39 is 11.9 Å². The van der Waals surface area contributed by atoms with Crippen LogP contribution in [0.3, 0.4) is 0 Å². The fraction of sp³-hybridized carbons (Fsp3) is 0.857. The summed E-state index contributed by atoms with van der Waals surface area (Å²) in [4.78, 5) is 24.4. The molecule has 0 aromatic heterocycles. The number of aliphatic carboxylic acids is 1. The SMILES string of the molecule is CCN(CC(C)C(=O)O)C(=O)NCC1CCCC1C. The molecule has 0 spiro atoms. The number of hydrogen-bond acceptors (Lipinski definition) is 2. The minimum absolute atomic E-state index is 0.144. The third-order valence-electron chi connectivity index (χ3n) is 4.14. The van der Waals surface area contributed by atoms with Crippen molar-refractivity contribution < 1.29 is 14.7 Å². The monoisotopic (exact) mass is 270 g/mol. The Morgan fingerprint density at radius 1 is 1.42 bits per heavy atom. The second kappa shape index (κ2) is 7.36. The molecule has 1 rings (SSSR count). The number of amides is 2. The highest BCUT2D eigenvalue weighted by Crippen LogP contribution is 2.30. The summed E-state index contributed by atoms with van der Waals surface area (Å²) < 4.78 is 0. The number of urea groups is 1. The summed E-state index contributed by atoms with van der Waals surface area (Å²) in [6.45, 7) is 7.22. The average molecular weight is 270 g/mol. The minimum Gasteiger partial charge on any atom is -0.481 e. The Kier molecular flexibility index (Phi) is 6.12. The molecule has 0 saturated heterocycles. The van der Waals surface area contributed by atoms with Crippen molar-refractivity contribution in [3.05, 3.63) is 0 Å². The number of carboxylic acid groups (broad SMARTS) is 1. The van der Waals surface area contributed by atoms with Crippen molar-refractivity contribution in [1.82, 2.24) is 10.2 Å². The van der Waals surface area contributed by atoms with Crippen molar-refractivity contribution in [3.8, 4) is 0 Å². The lowest BCUT2D eigenvalue weighted by Gasteiger charge is -2.25. The zero-order valence-corrected chi connectivity index (χ0v) is 12.2. The lowest BCUT2D eigenvalue weighted by Crippen LogP contribution is -2.44. The third kappa shape index (κ3) is 4.73. The molecule has 2 amide bonds. The van der Waals surface area contributed by atoms with E-state index in [1.807, 2.05) is 6.92 Å². The van der Waals surface area contributed by atoms with Gasteiger partial charge in [-0.05, 0) is 25.2 Å². The summed E-state index contributed by atoms with van der Waals surface area (Å²) >= 11 is 0. The molecule has 110 valence electrons. The van der Waals surface area contributed by atoms with E-state index in [-0.39, 0.29) is 12.6 Å². The molecule has 0 aromatic carbocycles. The van der Waals surface area contributed by atoms with Crippen LogP contribution in [-0.2, 0) is 4.79 Å². The van der Waals surface area contributed by atoms with Crippen LogP contribution in [0.5, 0.6) is 0 Å².